The van der Waals surface area contributed by atoms with Crippen molar-refractivity contribution in [2.75, 3.05) is 6.16 Å². The first-order chi connectivity index (χ1) is 4.41. The van der Waals surface area contributed by atoms with Crippen LogP contribution in [0.4, 0.5) is 0 Å². The summed E-state index contributed by atoms with van der Waals surface area (Å²) in [5.74, 6) is 0. The molecule has 0 aromatic carbocycles. The SMILES string of the molecule is CCCCCCCCP.Cl. The largest absolute Gasteiger partial charge is 0.147 e. The molecule has 0 aliphatic heterocycles. The second-order valence-corrected chi connectivity index (χ2v) is 3.13. The molecule has 1 atom stereocenters. The summed E-state index contributed by atoms with van der Waals surface area (Å²) in [4.78, 5) is 0. The van der Waals surface area contributed by atoms with E-state index in [0.29, 0.717) is 0 Å². The molecule has 0 spiro atoms. The molecule has 0 aromatic rings. The van der Waals surface area contributed by atoms with Gasteiger partial charge in [0.1, 0.15) is 0 Å². The molecule has 0 amide bonds. The fraction of sp³-hybridized carbons (Fsp3) is 1.00. The number of rotatable bonds is 6. The van der Waals surface area contributed by atoms with Gasteiger partial charge in [0.05, 0.1) is 0 Å². The Hall–Kier alpha value is 0.720. The van der Waals surface area contributed by atoms with Gasteiger partial charge < -0.3 is 0 Å². The normalized spacial score (nSPS) is 9.00. The lowest BCUT2D eigenvalue weighted by Gasteiger charge is -1.96. The van der Waals surface area contributed by atoms with E-state index in [-0.39, 0.29) is 12.4 Å². The van der Waals surface area contributed by atoms with Crippen LogP contribution in [0.3, 0.4) is 0 Å². The molecule has 0 heterocycles. The van der Waals surface area contributed by atoms with Crippen molar-refractivity contribution >= 4 is 21.6 Å². The summed E-state index contributed by atoms with van der Waals surface area (Å²) in [5.41, 5.74) is 0. The first kappa shape index (κ1) is 13.3. The van der Waals surface area contributed by atoms with Crippen LogP contribution in [0.2, 0.25) is 0 Å². The lowest BCUT2D eigenvalue weighted by molar-refractivity contribution is 0.627. The number of hydrogen-bond acceptors (Lipinski definition) is 0. The van der Waals surface area contributed by atoms with Crippen LogP contribution < -0.4 is 0 Å². The van der Waals surface area contributed by atoms with Crippen molar-refractivity contribution in [3.63, 3.8) is 0 Å². The highest BCUT2D eigenvalue weighted by Crippen LogP contribution is 2.05. The predicted molar refractivity (Wildman–Crippen MR) is 55.2 cm³/mol. The van der Waals surface area contributed by atoms with E-state index in [2.05, 4.69) is 16.2 Å². The zero-order valence-corrected chi connectivity index (χ0v) is 8.91. The second-order valence-electron chi connectivity index (χ2n) is 2.56. The maximum absolute atomic E-state index is 2.78. The molecule has 0 radical (unpaired) electrons. The Labute approximate surface area is 73.8 Å². The summed E-state index contributed by atoms with van der Waals surface area (Å²) < 4.78 is 0. The second kappa shape index (κ2) is 12.4. The topological polar surface area (TPSA) is 0 Å². The van der Waals surface area contributed by atoms with Crippen LogP contribution in [-0.2, 0) is 0 Å². The van der Waals surface area contributed by atoms with Crippen molar-refractivity contribution in [2.24, 2.45) is 0 Å². The Morgan fingerprint density at radius 2 is 1.40 bits per heavy atom. The van der Waals surface area contributed by atoms with E-state index in [0.717, 1.165) is 0 Å². The molecule has 0 fully saturated rings. The van der Waals surface area contributed by atoms with Gasteiger partial charge >= 0.3 is 0 Å². The van der Waals surface area contributed by atoms with Gasteiger partial charge in [-0.1, -0.05) is 39.0 Å². The lowest BCUT2D eigenvalue weighted by Crippen LogP contribution is -1.78. The van der Waals surface area contributed by atoms with Gasteiger partial charge in [0, 0.05) is 0 Å². The number of unbranched alkanes of at least 4 members (excludes halogenated alkanes) is 5. The van der Waals surface area contributed by atoms with Gasteiger partial charge in [-0.05, 0) is 12.6 Å². The van der Waals surface area contributed by atoms with Crippen molar-refractivity contribution in [2.45, 2.75) is 45.4 Å². The Morgan fingerprint density at radius 3 is 1.90 bits per heavy atom. The molecule has 0 N–H and O–H groups in total. The molecule has 10 heavy (non-hydrogen) atoms. The predicted octanol–water partition coefficient (Wildman–Crippen LogP) is 3.64. The Morgan fingerprint density at radius 1 is 0.900 bits per heavy atom. The van der Waals surface area contributed by atoms with Crippen LogP contribution in [0, 0.1) is 0 Å². The molecule has 0 aliphatic carbocycles. The van der Waals surface area contributed by atoms with E-state index in [1.807, 2.05) is 0 Å². The Kier molecular flexibility index (Phi) is 16.5. The molecule has 64 valence electrons. The van der Waals surface area contributed by atoms with E-state index >= 15 is 0 Å². The lowest BCUT2D eigenvalue weighted by atomic mass is 10.1. The molecule has 0 saturated heterocycles. The minimum atomic E-state index is 0. The molecule has 2 heteroatoms. The van der Waals surface area contributed by atoms with Crippen LogP contribution in [0.15, 0.2) is 0 Å². The monoisotopic (exact) mass is 182 g/mol. The summed E-state index contributed by atoms with van der Waals surface area (Å²) in [6.45, 7) is 2.26. The molecule has 0 aliphatic rings. The molecular weight excluding hydrogens is 163 g/mol. The van der Waals surface area contributed by atoms with E-state index in [4.69, 9.17) is 0 Å². The van der Waals surface area contributed by atoms with Crippen molar-refractivity contribution in [1.82, 2.24) is 0 Å². The van der Waals surface area contributed by atoms with Gasteiger partial charge in [0.2, 0.25) is 0 Å². The van der Waals surface area contributed by atoms with E-state index in [9.17, 15) is 0 Å². The molecule has 0 rings (SSSR count). The molecular formula is C8H20ClP. The molecule has 1 unspecified atom stereocenters. The van der Waals surface area contributed by atoms with Gasteiger partial charge in [0.15, 0.2) is 0 Å². The maximum atomic E-state index is 2.78. The van der Waals surface area contributed by atoms with Gasteiger partial charge in [-0.3, -0.25) is 0 Å². The molecule has 0 saturated carbocycles. The maximum Gasteiger partial charge on any atom is -0.0381 e. The standard InChI is InChI=1S/C8H19P.ClH/c1-2-3-4-5-6-7-8-9;/h2-9H2,1H3;1H. The number of hydrogen-bond donors (Lipinski definition) is 0. The van der Waals surface area contributed by atoms with Gasteiger partial charge in [0.25, 0.3) is 0 Å². The van der Waals surface area contributed by atoms with E-state index in [1.165, 1.54) is 44.7 Å². The number of halogens is 1. The molecule has 0 nitrogen and oxygen atoms in total. The van der Waals surface area contributed by atoms with Gasteiger partial charge in [-0.25, -0.2) is 0 Å². The highest BCUT2D eigenvalue weighted by molar-refractivity contribution is 7.16. The van der Waals surface area contributed by atoms with Crippen molar-refractivity contribution in [3.8, 4) is 0 Å². The minimum absolute atomic E-state index is 0. The molecule has 0 aromatic heterocycles. The van der Waals surface area contributed by atoms with Crippen LogP contribution in [0.5, 0.6) is 0 Å². The van der Waals surface area contributed by atoms with Gasteiger partial charge in [-0.2, -0.15) is 0 Å². The molecule has 0 bridgehead atoms. The quantitative estimate of drug-likeness (QED) is 0.435. The van der Waals surface area contributed by atoms with E-state index in [1.54, 1.807) is 0 Å². The average molecular weight is 183 g/mol. The third-order valence-electron chi connectivity index (χ3n) is 1.56. The third-order valence-corrected chi connectivity index (χ3v) is 1.97. The first-order valence-electron chi connectivity index (χ1n) is 4.12. The van der Waals surface area contributed by atoms with Crippen LogP contribution in [-0.4, -0.2) is 6.16 Å². The zero-order chi connectivity index (χ0) is 6.95. The third kappa shape index (κ3) is 11.5. The Bertz CT molecular complexity index is 42.5. The fourth-order valence-electron chi connectivity index (χ4n) is 0.925. The average Bonchev–Trinajstić information content (AvgIpc) is 1.89. The van der Waals surface area contributed by atoms with Crippen molar-refractivity contribution < 1.29 is 0 Å². The summed E-state index contributed by atoms with van der Waals surface area (Å²) in [6, 6.07) is 0. The van der Waals surface area contributed by atoms with Crippen molar-refractivity contribution in [1.29, 1.82) is 0 Å². The summed E-state index contributed by atoms with van der Waals surface area (Å²) in [5, 5.41) is 0. The zero-order valence-electron chi connectivity index (χ0n) is 6.94. The highest BCUT2D eigenvalue weighted by Gasteiger charge is 1.85. The summed E-state index contributed by atoms with van der Waals surface area (Å²) >= 11 is 0. The minimum Gasteiger partial charge on any atom is -0.147 e. The van der Waals surface area contributed by atoms with Crippen LogP contribution >= 0.6 is 21.6 Å². The van der Waals surface area contributed by atoms with Crippen LogP contribution in [0.25, 0.3) is 0 Å². The van der Waals surface area contributed by atoms with Crippen molar-refractivity contribution in [3.05, 3.63) is 0 Å². The first-order valence-corrected chi connectivity index (χ1v) is 4.93. The summed E-state index contributed by atoms with van der Waals surface area (Å²) in [6.07, 6.45) is 9.80. The summed E-state index contributed by atoms with van der Waals surface area (Å²) in [7, 11) is 2.78. The van der Waals surface area contributed by atoms with E-state index < -0.39 is 0 Å². The fourth-order valence-corrected chi connectivity index (χ4v) is 1.21. The van der Waals surface area contributed by atoms with Gasteiger partial charge in [-0.15, -0.1) is 21.6 Å². The Balaban J connectivity index is 0. The smallest absolute Gasteiger partial charge is 0.0381 e. The van der Waals surface area contributed by atoms with Crippen LogP contribution in [0.1, 0.15) is 45.4 Å². The highest BCUT2D eigenvalue weighted by atomic mass is 35.5.